The highest BCUT2D eigenvalue weighted by molar-refractivity contribution is 9.08. The molecule has 0 saturated heterocycles. The summed E-state index contributed by atoms with van der Waals surface area (Å²) in [4.78, 5) is 10.8. The number of halogens is 1. The lowest BCUT2D eigenvalue weighted by molar-refractivity contribution is 0.300. The molecule has 0 N–H and O–H groups in total. The molecule has 0 aliphatic heterocycles. The maximum atomic E-state index is 4.82. The Morgan fingerprint density at radius 3 is 2.57 bits per heavy atom. The van der Waals surface area contributed by atoms with E-state index >= 15 is 0 Å². The number of rotatable bonds is 9. The largest absolute Gasteiger partial charge is 0.355 e. The molecule has 0 aliphatic carbocycles. The van der Waals surface area contributed by atoms with Gasteiger partial charge in [0.05, 0.1) is 5.69 Å². The number of aromatic nitrogens is 2. The topological polar surface area (TPSA) is 23.8 Å². The van der Waals surface area contributed by atoms with Gasteiger partial charge in [-0.05, 0) is 33.0 Å². The van der Waals surface area contributed by atoms with Crippen molar-refractivity contribution in [1.29, 1.82) is 0 Å². The third-order valence-corrected chi connectivity index (χ3v) is 5.23. The van der Waals surface area contributed by atoms with Gasteiger partial charge in [-0.2, -0.15) is 0 Å². The molecule has 21 heavy (non-hydrogen) atoms. The van der Waals surface area contributed by atoms with Crippen LogP contribution in [0.3, 0.4) is 0 Å². The van der Waals surface area contributed by atoms with Gasteiger partial charge in [0.2, 0.25) is 0 Å². The zero-order valence-electron chi connectivity index (χ0n) is 13.2. The SMILES string of the molecule is CCN(CC)CCCN(CC)c1nc2sccn2c1CBr. The molecule has 0 spiro atoms. The number of nitrogens with zero attached hydrogens (tertiary/aromatic N) is 4. The standard InChI is InChI=1S/C15H25BrN4S/c1-4-18(5-2)8-7-9-19(6-3)14-13(12-16)20-10-11-21-15(20)17-14/h10-11H,4-9,12H2,1-3H3. The van der Waals surface area contributed by atoms with E-state index in [-0.39, 0.29) is 0 Å². The van der Waals surface area contributed by atoms with Gasteiger partial charge in [0.25, 0.3) is 0 Å². The van der Waals surface area contributed by atoms with Crippen molar-refractivity contribution in [2.75, 3.05) is 37.6 Å². The Hall–Kier alpha value is -0.590. The van der Waals surface area contributed by atoms with Crippen molar-refractivity contribution in [2.45, 2.75) is 32.5 Å². The summed E-state index contributed by atoms with van der Waals surface area (Å²) in [5.74, 6) is 1.14. The second-order valence-electron chi connectivity index (χ2n) is 5.03. The van der Waals surface area contributed by atoms with Gasteiger partial charge >= 0.3 is 0 Å². The Kier molecular flexibility index (Phi) is 6.51. The summed E-state index contributed by atoms with van der Waals surface area (Å²) in [5, 5.41) is 2.93. The van der Waals surface area contributed by atoms with E-state index in [1.165, 1.54) is 12.1 Å². The Balaban J connectivity index is 2.06. The third-order valence-electron chi connectivity index (χ3n) is 3.94. The fourth-order valence-corrected chi connectivity index (χ4v) is 3.89. The lowest BCUT2D eigenvalue weighted by Crippen LogP contribution is -2.30. The van der Waals surface area contributed by atoms with E-state index in [1.807, 2.05) is 0 Å². The minimum atomic E-state index is 0.840. The molecule has 0 fully saturated rings. The van der Waals surface area contributed by atoms with Crippen molar-refractivity contribution in [2.24, 2.45) is 0 Å². The van der Waals surface area contributed by atoms with Gasteiger partial charge in [0.15, 0.2) is 10.8 Å². The van der Waals surface area contributed by atoms with Gasteiger partial charge in [0.1, 0.15) is 0 Å². The molecule has 0 atom stereocenters. The zero-order valence-corrected chi connectivity index (χ0v) is 15.6. The molecule has 2 aromatic heterocycles. The smallest absolute Gasteiger partial charge is 0.195 e. The molecule has 6 heteroatoms. The lowest BCUT2D eigenvalue weighted by Gasteiger charge is -2.24. The van der Waals surface area contributed by atoms with Crippen LogP contribution in [0.4, 0.5) is 5.82 Å². The molecule has 2 rings (SSSR count). The van der Waals surface area contributed by atoms with Crippen molar-refractivity contribution in [3.05, 3.63) is 17.3 Å². The van der Waals surface area contributed by atoms with Crippen LogP contribution in [-0.4, -0.2) is 47.0 Å². The quantitative estimate of drug-likeness (QED) is 0.624. The number of thiazole rings is 1. The van der Waals surface area contributed by atoms with Crippen molar-refractivity contribution in [3.8, 4) is 0 Å². The highest BCUT2D eigenvalue weighted by Crippen LogP contribution is 2.26. The van der Waals surface area contributed by atoms with E-state index in [0.717, 1.165) is 48.8 Å². The zero-order chi connectivity index (χ0) is 15.2. The Labute approximate surface area is 139 Å². The second kappa shape index (κ2) is 8.15. The van der Waals surface area contributed by atoms with Crippen LogP contribution < -0.4 is 4.90 Å². The lowest BCUT2D eigenvalue weighted by atomic mass is 10.3. The third kappa shape index (κ3) is 3.79. The second-order valence-corrected chi connectivity index (χ2v) is 6.47. The van der Waals surface area contributed by atoms with Crippen LogP contribution in [0.2, 0.25) is 0 Å². The predicted molar refractivity (Wildman–Crippen MR) is 96.0 cm³/mol. The summed E-state index contributed by atoms with van der Waals surface area (Å²) in [5.41, 5.74) is 1.26. The maximum absolute atomic E-state index is 4.82. The first-order chi connectivity index (χ1) is 10.2. The molecule has 2 heterocycles. The van der Waals surface area contributed by atoms with E-state index in [9.17, 15) is 0 Å². The van der Waals surface area contributed by atoms with Gasteiger partial charge in [-0.3, -0.25) is 4.40 Å². The fraction of sp³-hybridized carbons (Fsp3) is 0.667. The minimum absolute atomic E-state index is 0.840. The average Bonchev–Trinajstić information content (AvgIpc) is 3.08. The van der Waals surface area contributed by atoms with Crippen molar-refractivity contribution in [1.82, 2.24) is 14.3 Å². The van der Waals surface area contributed by atoms with Crippen molar-refractivity contribution < 1.29 is 0 Å². The molecule has 0 unspecified atom stereocenters. The number of hydrogen-bond donors (Lipinski definition) is 0. The highest BCUT2D eigenvalue weighted by Gasteiger charge is 2.17. The van der Waals surface area contributed by atoms with Crippen LogP contribution in [-0.2, 0) is 5.33 Å². The minimum Gasteiger partial charge on any atom is -0.355 e. The van der Waals surface area contributed by atoms with Crippen LogP contribution in [0.1, 0.15) is 32.9 Å². The summed E-state index contributed by atoms with van der Waals surface area (Å²) in [7, 11) is 0. The molecule has 0 bridgehead atoms. The molecule has 0 aromatic carbocycles. The van der Waals surface area contributed by atoms with E-state index in [0.29, 0.717) is 0 Å². The van der Waals surface area contributed by atoms with Gasteiger partial charge in [0, 0.05) is 30.0 Å². The summed E-state index contributed by atoms with van der Waals surface area (Å²) in [6.45, 7) is 12.2. The number of anilines is 1. The van der Waals surface area contributed by atoms with Crippen molar-refractivity contribution in [3.63, 3.8) is 0 Å². The van der Waals surface area contributed by atoms with Gasteiger partial charge < -0.3 is 9.80 Å². The molecule has 0 saturated carbocycles. The summed E-state index contributed by atoms with van der Waals surface area (Å²) < 4.78 is 2.20. The summed E-state index contributed by atoms with van der Waals surface area (Å²) >= 11 is 5.31. The van der Waals surface area contributed by atoms with Crippen molar-refractivity contribution >= 4 is 38.0 Å². The van der Waals surface area contributed by atoms with Gasteiger partial charge in [-0.25, -0.2) is 4.98 Å². The first-order valence-electron chi connectivity index (χ1n) is 7.72. The van der Waals surface area contributed by atoms with E-state index in [1.54, 1.807) is 11.3 Å². The summed E-state index contributed by atoms with van der Waals surface area (Å²) in [6.07, 6.45) is 3.29. The molecule has 2 aromatic rings. The Bertz CT molecular complexity index is 547. The van der Waals surface area contributed by atoms with Crippen LogP contribution in [0.5, 0.6) is 0 Å². The molecule has 4 nitrogen and oxygen atoms in total. The maximum Gasteiger partial charge on any atom is 0.195 e. The molecule has 0 amide bonds. The normalized spacial score (nSPS) is 11.7. The van der Waals surface area contributed by atoms with Crippen LogP contribution in [0.25, 0.3) is 4.96 Å². The van der Waals surface area contributed by atoms with Crippen LogP contribution >= 0.6 is 27.3 Å². The first kappa shape index (κ1) is 16.8. The highest BCUT2D eigenvalue weighted by atomic mass is 79.9. The molecule has 0 radical (unpaired) electrons. The van der Waals surface area contributed by atoms with Crippen LogP contribution in [0, 0.1) is 0 Å². The van der Waals surface area contributed by atoms with E-state index in [4.69, 9.17) is 4.98 Å². The molecule has 118 valence electrons. The number of alkyl halides is 1. The van der Waals surface area contributed by atoms with Gasteiger partial charge in [-0.1, -0.05) is 29.8 Å². The number of fused-ring (bicyclic) bond motifs is 1. The molecule has 0 aliphatic rings. The first-order valence-corrected chi connectivity index (χ1v) is 9.72. The number of imidazole rings is 1. The monoisotopic (exact) mass is 372 g/mol. The number of hydrogen-bond acceptors (Lipinski definition) is 4. The summed E-state index contributed by atoms with van der Waals surface area (Å²) in [6, 6.07) is 0. The van der Waals surface area contributed by atoms with E-state index < -0.39 is 0 Å². The molecular formula is C15H25BrN4S. The Morgan fingerprint density at radius 2 is 1.95 bits per heavy atom. The molecular weight excluding hydrogens is 348 g/mol. The Morgan fingerprint density at radius 1 is 1.19 bits per heavy atom. The van der Waals surface area contributed by atoms with Gasteiger partial charge in [-0.15, -0.1) is 11.3 Å². The average molecular weight is 373 g/mol. The van der Waals surface area contributed by atoms with Crippen LogP contribution in [0.15, 0.2) is 11.6 Å². The van der Waals surface area contributed by atoms with E-state index in [2.05, 4.69) is 62.5 Å². The fourth-order valence-electron chi connectivity index (χ4n) is 2.64. The predicted octanol–water partition coefficient (Wildman–Crippen LogP) is 3.85.